The molecule has 0 fully saturated rings. The minimum atomic E-state index is -0.923. The first-order valence-corrected chi connectivity index (χ1v) is 6.00. The first-order valence-electron chi connectivity index (χ1n) is 5.62. The normalized spacial score (nSPS) is 10.7. The number of nitrogens with zero attached hydrogens (tertiary/aromatic N) is 2. The van der Waals surface area contributed by atoms with Crippen molar-refractivity contribution in [2.45, 2.75) is 20.3 Å². The molecule has 1 N–H and O–H groups in total. The van der Waals surface area contributed by atoms with Gasteiger partial charge in [-0.2, -0.15) is 5.10 Å². The molecule has 1 aromatic heterocycles. The van der Waals surface area contributed by atoms with E-state index in [1.807, 2.05) is 0 Å². The average Bonchev–Trinajstić information content (AvgIpc) is 2.60. The molecule has 4 nitrogen and oxygen atoms in total. The SMILES string of the molecule is Cc1nn(-c2ccc(Cl)c(F)c2)c(C)c1CC(=O)O. The van der Waals surface area contributed by atoms with Gasteiger partial charge < -0.3 is 5.11 Å². The third kappa shape index (κ3) is 2.61. The van der Waals surface area contributed by atoms with Crippen LogP contribution in [-0.4, -0.2) is 20.9 Å². The Balaban J connectivity index is 2.51. The molecule has 0 unspecified atom stereocenters. The highest BCUT2D eigenvalue weighted by Gasteiger charge is 2.16. The summed E-state index contributed by atoms with van der Waals surface area (Å²) in [6.45, 7) is 3.48. The Morgan fingerprint density at radius 1 is 1.47 bits per heavy atom. The summed E-state index contributed by atoms with van der Waals surface area (Å²) in [5, 5.41) is 13.1. The van der Waals surface area contributed by atoms with Crippen LogP contribution in [0.3, 0.4) is 0 Å². The maximum atomic E-state index is 13.4. The third-order valence-electron chi connectivity index (χ3n) is 2.92. The van der Waals surface area contributed by atoms with Gasteiger partial charge in [-0.25, -0.2) is 9.07 Å². The van der Waals surface area contributed by atoms with Crippen molar-refractivity contribution in [3.8, 4) is 5.69 Å². The van der Waals surface area contributed by atoms with Crippen molar-refractivity contribution < 1.29 is 14.3 Å². The minimum Gasteiger partial charge on any atom is -0.481 e. The fraction of sp³-hybridized carbons (Fsp3) is 0.231. The molecule has 0 saturated heterocycles. The zero-order valence-corrected chi connectivity index (χ0v) is 11.2. The molecule has 19 heavy (non-hydrogen) atoms. The molecule has 1 aromatic carbocycles. The first-order chi connectivity index (χ1) is 8.90. The number of rotatable bonds is 3. The topological polar surface area (TPSA) is 55.1 Å². The van der Waals surface area contributed by atoms with Crippen molar-refractivity contribution in [1.82, 2.24) is 9.78 Å². The van der Waals surface area contributed by atoms with E-state index < -0.39 is 11.8 Å². The molecule has 100 valence electrons. The lowest BCUT2D eigenvalue weighted by Gasteiger charge is -2.05. The van der Waals surface area contributed by atoms with Gasteiger partial charge in [0.25, 0.3) is 0 Å². The van der Waals surface area contributed by atoms with Gasteiger partial charge in [-0.05, 0) is 26.0 Å². The van der Waals surface area contributed by atoms with Crippen molar-refractivity contribution in [2.75, 3.05) is 0 Å². The molecule has 0 amide bonds. The van der Waals surface area contributed by atoms with Gasteiger partial charge >= 0.3 is 5.97 Å². The predicted molar refractivity (Wildman–Crippen MR) is 69.3 cm³/mol. The number of aromatic nitrogens is 2. The van der Waals surface area contributed by atoms with E-state index in [0.717, 1.165) is 0 Å². The lowest BCUT2D eigenvalue weighted by atomic mass is 10.1. The summed E-state index contributed by atoms with van der Waals surface area (Å²) < 4.78 is 15.0. The van der Waals surface area contributed by atoms with Crippen molar-refractivity contribution in [1.29, 1.82) is 0 Å². The monoisotopic (exact) mass is 282 g/mol. The second-order valence-electron chi connectivity index (χ2n) is 4.23. The van der Waals surface area contributed by atoms with Crippen LogP contribution < -0.4 is 0 Å². The second-order valence-corrected chi connectivity index (χ2v) is 4.64. The number of carboxylic acid groups (broad SMARTS) is 1. The van der Waals surface area contributed by atoms with E-state index in [2.05, 4.69) is 5.10 Å². The van der Waals surface area contributed by atoms with Crippen LogP contribution in [0.2, 0.25) is 5.02 Å². The quantitative estimate of drug-likeness (QED) is 0.942. The zero-order valence-electron chi connectivity index (χ0n) is 10.4. The van der Waals surface area contributed by atoms with Crippen molar-refractivity contribution in [3.05, 3.63) is 46.0 Å². The Labute approximate surface area is 114 Å². The van der Waals surface area contributed by atoms with Gasteiger partial charge in [0.15, 0.2) is 0 Å². The smallest absolute Gasteiger partial charge is 0.307 e. The van der Waals surface area contributed by atoms with Crippen molar-refractivity contribution in [3.63, 3.8) is 0 Å². The molecule has 2 aromatic rings. The maximum absolute atomic E-state index is 13.4. The summed E-state index contributed by atoms with van der Waals surface area (Å²) in [7, 11) is 0. The highest BCUT2D eigenvalue weighted by molar-refractivity contribution is 6.30. The predicted octanol–water partition coefficient (Wildman–Crippen LogP) is 2.91. The van der Waals surface area contributed by atoms with Crippen molar-refractivity contribution in [2.24, 2.45) is 0 Å². The summed E-state index contributed by atoms with van der Waals surface area (Å²) in [5.41, 5.74) is 2.46. The lowest BCUT2D eigenvalue weighted by Crippen LogP contribution is -2.03. The summed E-state index contributed by atoms with van der Waals surface area (Å²) in [6, 6.07) is 4.35. The molecule has 0 aliphatic heterocycles. The summed E-state index contributed by atoms with van der Waals surface area (Å²) in [4.78, 5) is 10.8. The Morgan fingerprint density at radius 2 is 2.16 bits per heavy atom. The van der Waals surface area contributed by atoms with Crippen LogP contribution in [0.1, 0.15) is 17.0 Å². The fourth-order valence-corrected chi connectivity index (χ4v) is 2.07. The highest BCUT2D eigenvalue weighted by atomic mass is 35.5. The fourth-order valence-electron chi connectivity index (χ4n) is 1.95. The van der Waals surface area contributed by atoms with E-state index in [4.69, 9.17) is 16.7 Å². The number of aryl methyl sites for hydroxylation is 1. The van der Waals surface area contributed by atoms with Crippen LogP contribution in [0.25, 0.3) is 5.69 Å². The molecule has 0 radical (unpaired) electrons. The standard InChI is InChI=1S/C13H12ClFN2O2/c1-7-10(6-13(18)19)8(2)17(16-7)9-3-4-11(14)12(15)5-9/h3-5H,6H2,1-2H3,(H,18,19). The summed E-state index contributed by atoms with van der Waals surface area (Å²) in [6.07, 6.45) is -0.103. The molecule has 0 atom stereocenters. The molecule has 0 aliphatic rings. The number of carbonyl (C=O) groups is 1. The van der Waals surface area contributed by atoms with Crippen LogP contribution in [0.4, 0.5) is 4.39 Å². The molecular formula is C13H12ClFN2O2. The Hall–Kier alpha value is -1.88. The van der Waals surface area contributed by atoms with Gasteiger partial charge in [0.05, 0.1) is 22.8 Å². The van der Waals surface area contributed by atoms with Crippen LogP contribution in [0, 0.1) is 19.7 Å². The number of aliphatic carboxylic acids is 1. The van der Waals surface area contributed by atoms with E-state index in [1.54, 1.807) is 19.9 Å². The Bertz CT molecular complexity index is 652. The van der Waals surface area contributed by atoms with E-state index in [0.29, 0.717) is 22.6 Å². The van der Waals surface area contributed by atoms with E-state index in [9.17, 15) is 9.18 Å². The number of halogens is 2. The van der Waals surface area contributed by atoms with Gasteiger partial charge in [0.1, 0.15) is 5.82 Å². The van der Waals surface area contributed by atoms with E-state index >= 15 is 0 Å². The second kappa shape index (κ2) is 5.01. The number of hydrogen-bond acceptors (Lipinski definition) is 2. The van der Waals surface area contributed by atoms with Crippen LogP contribution in [-0.2, 0) is 11.2 Å². The molecule has 0 bridgehead atoms. The minimum absolute atomic E-state index is 0.0380. The third-order valence-corrected chi connectivity index (χ3v) is 3.22. The van der Waals surface area contributed by atoms with Crippen LogP contribution in [0.5, 0.6) is 0 Å². The molecule has 1 heterocycles. The molecule has 6 heteroatoms. The number of benzene rings is 1. The lowest BCUT2D eigenvalue weighted by molar-refractivity contribution is -0.136. The summed E-state index contributed by atoms with van der Waals surface area (Å²) >= 11 is 5.63. The first kappa shape index (κ1) is 13.5. The largest absolute Gasteiger partial charge is 0.481 e. The number of hydrogen-bond donors (Lipinski definition) is 1. The molecule has 2 rings (SSSR count). The van der Waals surface area contributed by atoms with Gasteiger partial charge in [0.2, 0.25) is 0 Å². The zero-order chi connectivity index (χ0) is 14.2. The maximum Gasteiger partial charge on any atom is 0.307 e. The van der Waals surface area contributed by atoms with Crippen molar-refractivity contribution >= 4 is 17.6 Å². The number of carboxylic acids is 1. The van der Waals surface area contributed by atoms with Gasteiger partial charge in [-0.1, -0.05) is 11.6 Å². The Kier molecular flexibility index (Phi) is 3.57. The highest BCUT2D eigenvalue weighted by Crippen LogP contribution is 2.22. The Morgan fingerprint density at radius 3 is 2.74 bits per heavy atom. The van der Waals surface area contributed by atoms with Crippen LogP contribution in [0.15, 0.2) is 18.2 Å². The van der Waals surface area contributed by atoms with Gasteiger partial charge in [0, 0.05) is 17.3 Å². The van der Waals surface area contributed by atoms with E-state index in [1.165, 1.54) is 16.8 Å². The molecule has 0 spiro atoms. The van der Waals surface area contributed by atoms with Gasteiger partial charge in [-0.15, -0.1) is 0 Å². The molecule has 0 aliphatic carbocycles. The molecular weight excluding hydrogens is 271 g/mol. The van der Waals surface area contributed by atoms with Crippen LogP contribution >= 0.6 is 11.6 Å². The van der Waals surface area contributed by atoms with Gasteiger partial charge in [-0.3, -0.25) is 4.79 Å². The average molecular weight is 283 g/mol. The molecule has 0 saturated carbocycles. The summed E-state index contributed by atoms with van der Waals surface area (Å²) in [5.74, 6) is -1.46. The van der Waals surface area contributed by atoms with E-state index in [-0.39, 0.29) is 11.4 Å².